The number of carboxylic acids is 1. The number of aliphatic hydroxyl groups is 1. The van der Waals surface area contributed by atoms with Crippen molar-refractivity contribution in [3.8, 4) is 0 Å². The Balaban J connectivity index is 2.30. The minimum atomic E-state index is -1.68. The van der Waals surface area contributed by atoms with Crippen molar-refractivity contribution in [3.05, 3.63) is 35.4 Å². The average Bonchev–Trinajstić information content (AvgIpc) is 2.34. The fourth-order valence-electron chi connectivity index (χ4n) is 1.41. The second-order valence-corrected chi connectivity index (χ2v) is 4.02. The molecule has 0 aliphatic heterocycles. The fourth-order valence-corrected chi connectivity index (χ4v) is 1.41. The van der Waals surface area contributed by atoms with Crippen molar-refractivity contribution in [2.24, 2.45) is 0 Å². The summed E-state index contributed by atoms with van der Waals surface area (Å²) in [5.41, 5.74) is 0.383. The van der Waals surface area contributed by atoms with Crippen LogP contribution in [0, 0.1) is 11.6 Å². The highest BCUT2D eigenvalue weighted by Crippen LogP contribution is 2.07. The standard InChI is InChI=1S/C12H14F2N2O4/c13-8-3-7(4-9(14)5-8)1-2-15-12(20)16-6-10(17)11(18)19/h3-5,10,17H,1-2,6H2,(H,18,19)(H2,15,16,20)/t10-/m0/s1. The molecule has 20 heavy (non-hydrogen) atoms. The Labute approximate surface area is 113 Å². The van der Waals surface area contributed by atoms with Crippen LogP contribution in [-0.2, 0) is 11.2 Å². The molecule has 1 aromatic rings. The highest BCUT2D eigenvalue weighted by atomic mass is 19.1. The summed E-state index contributed by atoms with van der Waals surface area (Å²) in [6, 6.07) is 2.37. The molecule has 2 amide bonds. The van der Waals surface area contributed by atoms with Gasteiger partial charge in [-0.15, -0.1) is 0 Å². The van der Waals surface area contributed by atoms with Gasteiger partial charge in [0.1, 0.15) is 11.6 Å². The molecule has 0 bridgehead atoms. The number of carbonyl (C=O) groups excluding carboxylic acids is 1. The zero-order chi connectivity index (χ0) is 15.1. The predicted molar refractivity (Wildman–Crippen MR) is 65.1 cm³/mol. The zero-order valence-electron chi connectivity index (χ0n) is 10.4. The van der Waals surface area contributed by atoms with Crippen LogP contribution in [0.4, 0.5) is 13.6 Å². The Kier molecular flexibility index (Phi) is 5.85. The molecule has 1 atom stereocenters. The van der Waals surface area contributed by atoms with Gasteiger partial charge in [-0.05, 0) is 24.1 Å². The Morgan fingerprint density at radius 1 is 1.15 bits per heavy atom. The molecule has 6 nitrogen and oxygen atoms in total. The highest BCUT2D eigenvalue weighted by Gasteiger charge is 2.13. The molecule has 0 aromatic heterocycles. The molecular weight excluding hydrogens is 274 g/mol. The van der Waals surface area contributed by atoms with Crippen molar-refractivity contribution in [3.63, 3.8) is 0 Å². The maximum Gasteiger partial charge on any atom is 0.334 e. The number of rotatable bonds is 6. The molecule has 8 heteroatoms. The van der Waals surface area contributed by atoms with Gasteiger partial charge in [0, 0.05) is 12.6 Å². The molecule has 1 aromatic carbocycles. The van der Waals surface area contributed by atoms with E-state index in [1.165, 1.54) is 0 Å². The number of aliphatic hydroxyl groups excluding tert-OH is 1. The van der Waals surface area contributed by atoms with Crippen molar-refractivity contribution in [2.45, 2.75) is 12.5 Å². The summed E-state index contributed by atoms with van der Waals surface area (Å²) in [6.45, 7) is -0.326. The number of carbonyl (C=O) groups is 2. The van der Waals surface area contributed by atoms with Crippen LogP contribution in [0.3, 0.4) is 0 Å². The van der Waals surface area contributed by atoms with Crippen molar-refractivity contribution in [2.75, 3.05) is 13.1 Å². The average molecular weight is 288 g/mol. The smallest absolute Gasteiger partial charge is 0.334 e. The SMILES string of the molecule is O=C(NCCc1cc(F)cc(F)c1)NC[C@H](O)C(=O)O. The first-order chi connectivity index (χ1) is 9.38. The van der Waals surface area contributed by atoms with Crippen LogP contribution in [0.1, 0.15) is 5.56 Å². The van der Waals surface area contributed by atoms with Crippen molar-refractivity contribution in [1.82, 2.24) is 10.6 Å². The van der Waals surface area contributed by atoms with E-state index >= 15 is 0 Å². The summed E-state index contributed by atoms with van der Waals surface area (Å²) in [5.74, 6) is -2.84. The molecular formula is C12H14F2N2O4. The van der Waals surface area contributed by atoms with Gasteiger partial charge in [0.05, 0.1) is 6.54 Å². The van der Waals surface area contributed by atoms with Crippen LogP contribution in [0.2, 0.25) is 0 Å². The van der Waals surface area contributed by atoms with Crippen LogP contribution < -0.4 is 10.6 Å². The van der Waals surface area contributed by atoms with Gasteiger partial charge in [-0.3, -0.25) is 0 Å². The summed E-state index contributed by atoms with van der Waals surface area (Å²) in [4.78, 5) is 21.5. The van der Waals surface area contributed by atoms with Gasteiger partial charge in [-0.2, -0.15) is 0 Å². The summed E-state index contributed by atoms with van der Waals surface area (Å²) in [7, 11) is 0. The summed E-state index contributed by atoms with van der Waals surface area (Å²) in [5, 5.41) is 21.8. The third-order valence-electron chi connectivity index (χ3n) is 2.36. The number of nitrogens with one attached hydrogen (secondary N) is 2. The molecule has 0 heterocycles. The molecule has 4 N–H and O–H groups in total. The van der Waals surface area contributed by atoms with Gasteiger partial charge in [0.25, 0.3) is 0 Å². The van der Waals surface area contributed by atoms with E-state index in [0.29, 0.717) is 5.56 Å². The molecule has 0 aliphatic carbocycles. The number of carboxylic acid groups (broad SMARTS) is 1. The predicted octanol–water partition coefficient (Wildman–Crippen LogP) is 0.252. The van der Waals surface area contributed by atoms with Crippen molar-refractivity contribution in [1.29, 1.82) is 0 Å². The van der Waals surface area contributed by atoms with E-state index in [9.17, 15) is 18.4 Å². The molecule has 1 rings (SSSR count). The van der Waals surface area contributed by atoms with Gasteiger partial charge in [-0.1, -0.05) is 0 Å². The minimum Gasteiger partial charge on any atom is -0.479 e. The maximum atomic E-state index is 12.9. The molecule has 0 unspecified atom stereocenters. The van der Waals surface area contributed by atoms with Crippen LogP contribution in [0.25, 0.3) is 0 Å². The summed E-state index contributed by atoms with van der Waals surface area (Å²) >= 11 is 0. The lowest BCUT2D eigenvalue weighted by Crippen LogP contribution is -2.42. The van der Waals surface area contributed by atoms with E-state index < -0.39 is 36.3 Å². The third kappa shape index (κ3) is 5.61. The second-order valence-electron chi connectivity index (χ2n) is 4.02. The highest BCUT2D eigenvalue weighted by molar-refractivity contribution is 5.76. The second kappa shape index (κ2) is 7.39. The molecule has 0 spiro atoms. The largest absolute Gasteiger partial charge is 0.479 e. The Morgan fingerprint density at radius 3 is 2.30 bits per heavy atom. The molecule has 0 aliphatic rings. The lowest BCUT2D eigenvalue weighted by Gasteiger charge is -2.09. The Bertz CT molecular complexity index is 476. The first-order valence-electron chi connectivity index (χ1n) is 5.76. The number of benzene rings is 1. The van der Waals surface area contributed by atoms with Gasteiger partial charge in [0.15, 0.2) is 6.10 Å². The molecule has 0 saturated heterocycles. The number of aliphatic carboxylic acids is 1. The van der Waals surface area contributed by atoms with Gasteiger partial charge >= 0.3 is 12.0 Å². The van der Waals surface area contributed by atoms with Crippen molar-refractivity contribution < 1.29 is 28.6 Å². The van der Waals surface area contributed by atoms with Crippen LogP contribution in [0.15, 0.2) is 18.2 Å². The Morgan fingerprint density at radius 2 is 1.75 bits per heavy atom. The van der Waals surface area contributed by atoms with E-state index in [1.54, 1.807) is 0 Å². The monoisotopic (exact) mass is 288 g/mol. The molecule has 0 fully saturated rings. The molecule has 0 saturated carbocycles. The summed E-state index contributed by atoms with van der Waals surface area (Å²) < 4.78 is 25.8. The maximum absolute atomic E-state index is 12.9. The number of hydrogen-bond donors (Lipinski definition) is 4. The van der Waals surface area contributed by atoms with Gasteiger partial charge < -0.3 is 20.8 Å². The minimum absolute atomic E-state index is 0.109. The van der Waals surface area contributed by atoms with Gasteiger partial charge in [0.2, 0.25) is 0 Å². The van der Waals surface area contributed by atoms with Crippen LogP contribution in [0.5, 0.6) is 0 Å². The van der Waals surface area contributed by atoms with E-state index in [-0.39, 0.29) is 13.0 Å². The molecule has 110 valence electrons. The zero-order valence-corrected chi connectivity index (χ0v) is 10.4. The van der Waals surface area contributed by atoms with E-state index in [4.69, 9.17) is 10.2 Å². The fraction of sp³-hybridized carbons (Fsp3) is 0.333. The first kappa shape index (κ1) is 15.8. The quantitative estimate of drug-likeness (QED) is 0.603. The number of amides is 2. The third-order valence-corrected chi connectivity index (χ3v) is 2.36. The Hall–Kier alpha value is -2.22. The topological polar surface area (TPSA) is 98.7 Å². The number of halogens is 2. The first-order valence-corrected chi connectivity index (χ1v) is 5.76. The van der Waals surface area contributed by atoms with Crippen molar-refractivity contribution >= 4 is 12.0 Å². The lowest BCUT2D eigenvalue weighted by atomic mass is 10.1. The normalized spacial score (nSPS) is 11.8. The lowest BCUT2D eigenvalue weighted by molar-refractivity contribution is -0.146. The number of hydrogen-bond acceptors (Lipinski definition) is 3. The van der Waals surface area contributed by atoms with E-state index in [2.05, 4.69) is 10.6 Å². The van der Waals surface area contributed by atoms with Gasteiger partial charge in [-0.25, -0.2) is 18.4 Å². The van der Waals surface area contributed by atoms with Crippen LogP contribution >= 0.6 is 0 Å². The number of urea groups is 1. The molecule has 0 radical (unpaired) electrons. The van der Waals surface area contributed by atoms with E-state index in [1.807, 2.05) is 0 Å². The van der Waals surface area contributed by atoms with E-state index in [0.717, 1.165) is 18.2 Å². The van der Waals surface area contributed by atoms with Crippen LogP contribution in [-0.4, -0.2) is 41.4 Å². The summed E-state index contributed by atoms with van der Waals surface area (Å²) in [6.07, 6.45) is -1.47.